The largest absolute Gasteiger partial charge is 0.472 e. The molecule has 0 saturated heterocycles. The van der Waals surface area contributed by atoms with E-state index in [1.807, 2.05) is 6.08 Å². The highest BCUT2D eigenvalue weighted by Gasteiger charge is 2.26. The molecule has 3 atom stereocenters. The normalized spacial score (nSPS) is 15.0. The fourth-order valence-corrected chi connectivity index (χ4v) is 5.24. The molecule has 9 heteroatoms. The molecule has 8 nitrogen and oxygen atoms in total. The second kappa shape index (κ2) is 29.1. The summed E-state index contributed by atoms with van der Waals surface area (Å²) in [5.41, 5.74) is 5.32. The first-order valence-electron chi connectivity index (χ1n) is 16.5. The van der Waals surface area contributed by atoms with Crippen molar-refractivity contribution in [2.45, 2.75) is 154 Å². The molecule has 0 bridgehead atoms. The fraction of sp³-hybridized carbons (Fsp3) is 0.844. The summed E-state index contributed by atoms with van der Waals surface area (Å²) in [5, 5.41) is 13.4. The van der Waals surface area contributed by atoms with Gasteiger partial charge in [-0.15, -0.1) is 0 Å². The smallest absolute Gasteiger partial charge is 0.387 e. The van der Waals surface area contributed by atoms with Gasteiger partial charge in [0.05, 0.1) is 25.4 Å². The van der Waals surface area contributed by atoms with Gasteiger partial charge in [0.25, 0.3) is 0 Å². The second-order valence-electron chi connectivity index (χ2n) is 11.0. The van der Waals surface area contributed by atoms with Crippen LogP contribution in [0, 0.1) is 0 Å². The van der Waals surface area contributed by atoms with Crippen LogP contribution in [0.1, 0.15) is 142 Å². The van der Waals surface area contributed by atoms with Crippen LogP contribution in [0.5, 0.6) is 0 Å². The van der Waals surface area contributed by atoms with Crippen LogP contribution < -0.4 is 11.1 Å². The number of carbonyl (C=O) groups is 1. The number of aliphatic hydroxyl groups excluding tert-OH is 1. The number of aliphatic hydroxyl groups is 1. The summed E-state index contributed by atoms with van der Waals surface area (Å²) in [4.78, 5) is 22.4. The average Bonchev–Trinajstić information content (AvgIpc) is 2.95. The summed E-state index contributed by atoms with van der Waals surface area (Å²) in [6.45, 7) is 4.03. The van der Waals surface area contributed by atoms with E-state index in [0.717, 1.165) is 51.4 Å². The van der Waals surface area contributed by atoms with E-state index >= 15 is 0 Å². The first kappa shape index (κ1) is 40.0. The Morgan fingerprint density at radius 2 is 1.27 bits per heavy atom. The Hall–Kier alpha value is -1.02. The number of nitrogens with one attached hydrogen (secondary N) is 1. The van der Waals surface area contributed by atoms with Crippen molar-refractivity contribution in [1.82, 2.24) is 5.32 Å². The van der Waals surface area contributed by atoms with Crippen LogP contribution in [0.25, 0.3) is 0 Å². The highest BCUT2D eigenvalue weighted by Crippen LogP contribution is 2.43. The zero-order valence-corrected chi connectivity index (χ0v) is 27.2. The molecule has 3 unspecified atom stereocenters. The Kier molecular flexibility index (Phi) is 28.3. The summed E-state index contributed by atoms with van der Waals surface area (Å²) in [6, 6.07) is -0.857. The second-order valence-corrected chi connectivity index (χ2v) is 12.5. The van der Waals surface area contributed by atoms with Gasteiger partial charge in [0, 0.05) is 13.0 Å². The maximum absolute atomic E-state index is 12.6. The van der Waals surface area contributed by atoms with E-state index in [1.54, 1.807) is 6.08 Å². The van der Waals surface area contributed by atoms with Crippen LogP contribution in [-0.4, -0.2) is 47.8 Å². The molecule has 41 heavy (non-hydrogen) atoms. The minimum atomic E-state index is -4.32. The van der Waals surface area contributed by atoms with Crippen molar-refractivity contribution in [3.05, 3.63) is 24.3 Å². The summed E-state index contributed by atoms with van der Waals surface area (Å²) in [5.74, 6) is -0.209. The van der Waals surface area contributed by atoms with Crippen molar-refractivity contribution in [2.24, 2.45) is 5.73 Å². The van der Waals surface area contributed by atoms with E-state index in [1.165, 1.54) is 70.6 Å². The van der Waals surface area contributed by atoms with Crippen LogP contribution in [0.2, 0.25) is 0 Å². The molecule has 0 heterocycles. The highest BCUT2D eigenvalue weighted by atomic mass is 31.2. The third-order valence-corrected chi connectivity index (χ3v) is 8.01. The Labute approximate surface area is 251 Å². The van der Waals surface area contributed by atoms with Gasteiger partial charge in [-0.25, -0.2) is 4.57 Å². The van der Waals surface area contributed by atoms with Crippen molar-refractivity contribution in [1.29, 1.82) is 0 Å². The van der Waals surface area contributed by atoms with Gasteiger partial charge >= 0.3 is 7.82 Å². The van der Waals surface area contributed by atoms with Crippen LogP contribution in [0.3, 0.4) is 0 Å². The Morgan fingerprint density at radius 1 is 0.780 bits per heavy atom. The van der Waals surface area contributed by atoms with Crippen LogP contribution in [0.15, 0.2) is 24.3 Å². The fourth-order valence-electron chi connectivity index (χ4n) is 4.48. The lowest BCUT2D eigenvalue weighted by Crippen LogP contribution is -2.45. The molecule has 0 aromatic heterocycles. The Morgan fingerprint density at radius 3 is 1.80 bits per heavy atom. The van der Waals surface area contributed by atoms with E-state index in [2.05, 4.69) is 31.3 Å². The van der Waals surface area contributed by atoms with Crippen molar-refractivity contribution in [2.75, 3.05) is 19.8 Å². The van der Waals surface area contributed by atoms with E-state index in [4.69, 9.17) is 14.8 Å². The summed E-state index contributed by atoms with van der Waals surface area (Å²) in [6.07, 6.45) is 29.5. The maximum Gasteiger partial charge on any atom is 0.472 e. The molecule has 0 aromatic rings. The molecule has 0 rings (SSSR count). The van der Waals surface area contributed by atoms with Crippen LogP contribution in [0.4, 0.5) is 0 Å². The predicted octanol–water partition coefficient (Wildman–Crippen LogP) is 7.88. The van der Waals surface area contributed by atoms with Crippen molar-refractivity contribution >= 4 is 13.7 Å². The number of hydrogen-bond acceptors (Lipinski definition) is 6. The topological polar surface area (TPSA) is 131 Å². The number of unbranched alkanes of at least 4 members (excludes halogenated alkanes) is 16. The quantitative estimate of drug-likeness (QED) is 0.0374. The molecule has 242 valence electrons. The van der Waals surface area contributed by atoms with Gasteiger partial charge in [-0.1, -0.05) is 115 Å². The average molecular weight is 603 g/mol. The van der Waals surface area contributed by atoms with Gasteiger partial charge in [0.1, 0.15) is 0 Å². The zero-order valence-electron chi connectivity index (χ0n) is 26.3. The van der Waals surface area contributed by atoms with Crippen LogP contribution in [-0.2, 0) is 18.4 Å². The van der Waals surface area contributed by atoms with Gasteiger partial charge in [0.2, 0.25) is 5.91 Å². The third kappa shape index (κ3) is 27.6. The predicted molar refractivity (Wildman–Crippen MR) is 171 cm³/mol. The third-order valence-electron chi connectivity index (χ3n) is 7.02. The standard InChI is InChI=1S/C32H63N2O6P/c1-3-5-7-9-11-12-13-14-15-16-17-18-20-22-24-26-32(36)34-30(29-40-41(37,38)39-28-27-33)31(35)25-23-21-19-10-8-6-4-2/h14-15,23,25,30-31,35H,3-13,16-22,24,26-29,33H2,1-2H3,(H,34,36)(H,37,38)/b15-14-,25-23+. The number of phosphoric ester groups is 1. The zero-order chi connectivity index (χ0) is 30.4. The van der Waals surface area contributed by atoms with Gasteiger partial charge in [-0.2, -0.15) is 0 Å². The minimum absolute atomic E-state index is 0.0770. The first-order valence-corrected chi connectivity index (χ1v) is 18.0. The lowest BCUT2D eigenvalue weighted by atomic mass is 10.1. The highest BCUT2D eigenvalue weighted by molar-refractivity contribution is 7.47. The molecule has 0 aliphatic heterocycles. The minimum Gasteiger partial charge on any atom is -0.387 e. The number of allylic oxidation sites excluding steroid dienone is 3. The molecule has 0 aliphatic carbocycles. The van der Waals surface area contributed by atoms with Crippen molar-refractivity contribution < 1.29 is 28.4 Å². The van der Waals surface area contributed by atoms with Gasteiger partial charge in [-0.05, 0) is 44.9 Å². The molecular formula is C32H63N2O6P. The molecule has 0 spiro atoms. The first-order chi connectivity index (χ1) is 19.9. The monoisotopic (exact) mass is 602 g/mol. The van der Waals surface area contributed by atoms with Gasteiger partial charge in [0.15, 0.2) is 0 Å². The SMILES string of the molecule is CCCCCCC/C=C/C(O)C(COP(=O)(O)OCCN)NC(=O)CCCCCCC/C=C\CCCCCCCC. The molecule has 0 aromatic carbocycles. The Balaban J connectivity index is 4.31. The maximum atomic E-state index is 12.6. The molecular weight excluding hydrogens is 539 g/mol. The number of phosphoric acid groups is 1. The lowest BCUT2D eigenvalue weighted by molar-refractivity contribution is -0.123. The van der Waals surface area contributed by atoms with Gasteiger partial charge < -0.3 is 21.1 Å². The van der Waals surface area contributed by atoms with Crippen molar-refractivity contribution in [3.63, 3.8) is 0 Å². The molecule has 0 saturated carbocycles. The molecule has 0 radical (unpaired) electrons. The molecule has 0 fully saturated rings. The van der Waals surface area contributed by atoms with E-state index in [9.17, 15) is 19.4 Å². The summed E-state index contributed by atoms with van der Waals surface area (Å²) >= 11 is 0. The number of nitrogens with two attached hydrogens (primary N) is 1. The lowest BCUT2D eigenvalue weighted by Gasteiger charge is -2.23. The van der Waals surface area contributed by atoms with E-state index < -0.39 is 20.0 Å². The number of amides is 1. The number of hydrogen-bond donors (Lipinski definition) is 4. The molecule has 1 amide bonds. The van der Waals surface area contributed by atoms with Crippen LogP contribution >= 0.6 is 7.82 Å². The van der Waals surface area contributed by atoms with E-state index in [-0.39, 0.29) is 25.7 Å². The van der Waals surface area contributed by atoms with E-state index in [0.29, 0.717) is 6.42 Å². The molecule has 0 aliphatic rings. The number of carbonyl (C=O) groups excluding carboxylic acids is 1. The summed E-state index contributed by atoms with van der Waals surface area (Å²) < 4.78 is 21.8. The molecule has 5 N–H and O–H groups in total. The Bertz CT molecular complexity index is 704. The van der Waals surface area contributed by atoms with Crippen molar-refractivity contribution in [3.8, 4) is 0 Å². The van der Waals surface area contributed by atoms with Gasteiger partial charge in [-0.3, -0.25) is 13.8 Å². The summed E-state index contributed by atoms with van der Waals surface area (Å²) in [7, 11) is -4.32. The number of rotatable bonds is 30.